The summed E-state index contributed by atoms with van der Waals surface area (Å²) in [7, 11) is 0. The third kappa shape index (κ3) is 2.59. The first-order valence-corrected chi connectivity index (χ1v) is 7.66. The number of rotatable bonds is 4. The van der Waals surface area contributed by atoms with E-state index in [0.29, 0.717) is 6.54 Å². The Bertz CT molecular complexity index is 253. The van der Waals surface area contributed by atoms with E-state index in [2.05, 4.69) is 6.92 Å². The molecule has 1 aliphatic carbocycles. The second-order valence-electron chi connectivity index (χ2n) is 6.36. The van der Waals surface area contributed by atoms with Crippen LogP contribution in [0, 0.1) is 11.3 Å². The van der Waals surface area contributed by atoms with Crippen LogP contribution in [0.25, 0.3) is 0 Å². The lowest BCUT2D eigenvalue weighted by molar-refractivity contribution is -0.151. The summed E-state index contributed by atoms with van der Waals surface area (Å²) in [6.45, 7) is 4.38. The highest BCUT2D eigenvalue weighted by Crippen LogP contribution is 2.49. The molecule has 1 heterocycles. The normalized spacial score (nSPS) is 36.5. The maximum atomic E-state index is 11.1. The van der Waals surface area contributed by atoms with Crippen LogP contribution in [0.2, 0.25) is 0 Å². The summed E-state index contributed by atoms with van der Waals surface area (Å²) in [5, 5.41) is 11.1. The topological polar surface area (TPSA) is 55.5 Å². The molecular weight excluding hydrogens is 226 g/mol. The minimum Gasteiger partial charge on any atom is -0.389 e. The lowest BCUT2D eigenvalue weighted by Gasteiger charge is -2.52. The van der Waals surface area contributed by atoms with Gasteiger partial charge in [0.2, 0.25) is 0 Å². The van der Waals surface area contributed by atoms with Gasteiger partial charge in [-0.2, -0.15) is 0 Å². The van der Waals surface area contributed by atoms with E-state index in [1.54, 1.807) is 0 Å². The molecule has 1 aliphatic heterocycles. The lowest BCUT2D eigenvalue weighted by atomic mass is 9.59. The Morgan fingerprint density at radius 1 is 1.17 bits per heavy atom. The Morgan fingerprint density at radius 2 is 1.78 bits per heavy atom. The molecule has 1 saturated heterocycles. The first kappa shape index (κ1) is 14.3. The van der Waals surface area contributed by atoms with Gasteiger partial charge in [-0.05, 0) is 44.4 Å². The summed E-state index contributed by atoms with van der Waals surface area (Å²) in [5.74, 6) is 0.824. The molecular formula is C15H29NO2. The van der Waals surface area contributed by atoms with Gasteiger partial charge in [-0.3, -0.25) is 0 Å². The summed E-state index contributed by atoms with van der Waals surface area (Å²) in [4.78, 5) is 0. The molecule has 0 aromatic heterocycles. The highest BCUT2D eigenvalue weighted by Gasteiger charge is 2.50. The van der Waals surface area contributed by atoms with Gasteiger partial charge in [0, 0.05) is 25.2 Å². The van der Waals surface area contributed by atoms with E-state index >= 15 is 0 Å². The zero-order valence-corrected chi connectivity index (χ0v) is 11.8. The Hall–Kier alpha value is -0.120. The summed E-state index contributed by atoms with van der Waals surface area (Å²) in [6.07, 6.45) is 8.66. The first-order valence-electron chi connectivity index (χ1n) is 7.66. The van der Waals surface area contributed by atoms with Gasteiger partial charge in [-0.25, -0.2) is 0 Å². The second-order valence-corrected chi connectivity index (χ2v) is 6.36. The molecule has 3 nitrogen and oxygen atoms in total. The third-order valence-corrected chi connectivity index (χ3v) is 5.46. The molecule has 0 radical (unpaired) electrons. The van der Waals surface area contributed by atoms with Crippen molar-refractivity contribution in [2.24, 2.45) is 17.1 Å². The first-order chi connectivity index (χ1) is 8.66. The van der Waals surface area contributed by atoms with Crippen LogP contribution >= 0.6 is 0 Å². The van der Waals surface area contributed by atoms with E-state index in [0.717, 1.165) is 44.8 Å². The van der Waals surface area contributed by atoms with Gasteiger partial charge in [0.1, 0.15) is 0 Å². The van der Waals surface area contributed by atoms with Gasteiger partial charge < -0.3 is 15.6 Å². The Morgan fingerprint density at radius 3 is 2.28 bits per heavy atom. The minimum atomic E-state index is -0.532. The Kier molecular flexibility index (Phi) is 4.68. The van der Waals surface area contributed by atoms with Crippen LogP contribution in [-0.2, 0) is 4.74 Å². The van der Waals surface area contributed by atoms with Crippen LogP contribution in [0.4, 0.5) is 0 Å². The van der Waals surface area contributed by atoms with Crippen molar-refractivity contribution in [1.82, 2.24) is 0 Å². The Balaban J connectivity index is 2.02. The Labute approximate surface area is 111 Å². The van der Waals surface area contributed by atoms with Gasteiger partial charge in [0.25, 0.3) is 0 Å². The van der Waals surface area contributed by atoms with Gasteiger partial charge in [0.05, 0.1) is 5.60 Å². The minimum absolute atomic E-state index is 0.0809. The van der Waals surface area contributed by atoms with Crippen molar-refractivity contribution >= 4 is 0 Å². The molecule has 2 aliphatic rings. The number of hydrogen-bond donors (Lipinski definition) is 2. The average Bonchev–Trinajstić information content (AvgIpc) is 2.42. The summed E-state index contributed by atoms with van der Waals surface area (Å²) in [6, 6.07) is 0. The highest BCUT2D eigenvalue weighted by molar-refractivity contribution is 5.02. The van der Waals surface area contributed by atoms with Crippen molar-refractivity contribution in [1.29, 1.82) is 0 Å². The zero-order chi connectivity index (χ0) is 13.1. The van der Waals surface area contributed by atoms with Gasteiger partial charge in [0.15, 0.2) is 0 Å². The molecule has 106 valence electrons. The molecule has 2 rings (SSSR count). The molecule has 0 aromatic rings. The molecule has 2 fully saturated rings. The van der Waals surface area contributed by atoms with Crippen LogP contribution in [0.1, 0.15) is 58.3 Å². The predicted octanol–water partition coefficient (Wildman–Crippen LogP) is 2.46. The van der Waals surface area contributed by atoms with Crippen molar-refractivity contribution in [3.8, 4) is 0 Å². The van der Waals surface area contributed by atoms with Crippen molar-refractivity contribution in [2.75, 3.05) is 19.8 Å². The maximum absolute atomic E-state index is 11.1. The van der Waals surface area contributed by atoms with Gasteiger partial charge >= 0.3 is 0 Å². The summed E-state index contributed by atoms with van der Waals surface area (Å²) >= 11 is 0. The quantitative estimate of drug-likeness (QED) is 0.811. The molecule has 3 heteroatoms. The summed E-state index contributed by atoms with van der Waals surface area (Å²) < 4.78 is 5.46. The molecule has 0 aromatic carbocycles. The smallest absolute Gasteiger partial charge is 0.0717 e. The molecule has 0 amide bonds. The van der Waals surface area contributed by atoms with Crippen LogP contribution in [0.5, 0.6) is 0 Å². The standard InChI is InChI=1S/C15H29NO2/c1-2-3-13-4-6-15(17,7-5-13)14(12-16)8-10-18-11-9-14/h13,17H,2-12,16H2,1H3. The fourth-order valence-electron chi connectivity index (χ4n) is 4.00. The fourth-order valence-corrected chi connectivity index (χ4v) is 4.00. The molecule has 0 bridgehead atoms. The second kappa shape index (κ2) is 5.89. The van der Waals surface area contributed by atoms with Gasteiger partial charge in [-0.1, -0.05) is 19.8 Å². The largest absolute Gasteiger partial charge is 0.389 e. The molecule has 3 N–H and O–H groups in total. The van der Waals surface area contributed by atoms with E-state index in [4.69, 9.17) is 10.5 Å². The van der Waals surface area contributed by atoms with E-state index in [1.807, 2.05) is 0 Å². The van der Waals surface area contributed by atoms with E-state index in [1.165, 1.54) is 25.7 Å². The molecule has 0 spiro atoms. The van der Waals surface area contributed by atoms with Crippen molar-refractivity contribution < 1.29 is 9.84 Å². The van der Waals surface area contributed by atoms with Crippen LogP contribution in [0.3, 0.4) is 0 Å². The highest BCUT2D eigenvalue weighted by atomic mass is 16.5. The molecule has 1 saturated carbocycles. The predicted molar refractivity (Wildman–Crippen MR) is 73.4 cm³/mol. The fraction of sp³-hybridized carbons (Fsp3) is 1.00. The molecule has 0 atom stereocenters. The van der Waals surface area contributed by atoms with Gasteiger partial charge in [-0.15, -0.1) is 0 Å². The monoisotopic (exact) mass is 255 g/mol. The number of ether oxygens (including phenoxy) is 1. The third-order valence-electron chi connectivity index (χ3n) is 5.46. The van der Waals surface area contributed by atoms with Crippen LogP contribution < -0.4 is 5.73 Å². The molecule has 0 unspecified atom stereocenters. The van der Waals surface area contributed by atoms with E-state index < -0.39 is 5.60 Å². The zero-order valence-electron chi connectivity index (χ0n) is 11.8. The number of hydrogen-bond acceptors (Lipinski definition) is 3. The number of aliphatic hydroxyl groups is 1. The summed E-state index contributed by atoms with van der Waals surface area (Å²) in [5.41, 5.74) is 5.42. The number of nitrogens with two attached hydrogens (primary N) is 1. The van der Waals surface area contributed by atoms with Crippen molar-refractivity contribution in [3.63, 3.8) is 0 Å². The van der Waals surface area contributed by atoms with E-state index in [9.17, 15) is 5.11 Å². The maximum Gasteiger partial charge on any atom is 0.0717 e. The SMILES string of the molecule is CCCC1CCC(O)(C2(CN)CCOCC2)CC1. The molecule has 18 heavy (non-hydrogen) atoms. The average molecular weight is 255 g/mol. The van der Waals surface area contributed by atoms with Crippen molar-refractivity contribution in [2.45, 2.75) is 63.9 Å². The lowest BCUT2D eigenvalue weighted by Crippen LogP contribution is -2.56. The van der Waals surface area contributed by atoms with Crippen LogP contribution in [-0.4, -0.2) is 30.5 Å². The van der Waals surface area contributed by atoms with E-state index in [-0.39, 0.29) is 5.41 Å². The van der Waals surface area contributed by atoms with Crippen LogP contribution in [0.15, 0.2) is 0 Å². The van der Waals surface area contributed by atoms with Crippen molar-refractivity contribution in [3.05, 3.63) is 0 Å².